The number of benzene rings is 1. The molecule has 4 nitrogen and oxygen atoms in total. The zero-order valence-electron chi connectivity index (χ0n) is 15.0. The minimum absolute atomic E-state index is 0.0555. The van der Waals surface area contributed by atoms with Crippen molar-refractivity contribution in [3.63, 3.8) is 0 Å². The van der Waals surface area contributed by atoms with Gasteiger partial charge in [0.05, 0.1) is 17.2 Å². The van der Waals surface area contributed by atoms with Crippen LogP contribution in [0.5, 0.6) is 0 Å². The molecule has 4 rings (SSSR count). The number of aliphatic hydroxyl groups excluding tert-OH is 1. The maximum Gasteiger partial charge on any atom is 0.216 e. The van der Waals surface area contributed by atoms with Gasteiger partial charge in [-0.25, -0.2) is 4.99 Å². The van der Waals surface area contributed by atoms with Gasteiger partial charge >= 0.3 is 0 Å². The van der Waals surface area contributed by atoms with Crippen molar-refractivity contribution in [1.82, 2.24) is 0 Å². The van der Waals surface area contributed by atoms with Gasteiger partial charge in [-0.1, -0.05) is 37.5 Å². The largest absolute Gasteiger partial charge is 0.477 e. The minimum Gasteiger partial charge on any atom is -0.477 e. The van der Waals surface area contributed by atoms with Crippen LogP contribution < -0.4 is 4.90 Å². The molecule has 2 fully saturated rings. The Morgan fingerprint density at radius 2 is 1.79 bits per heavy atom. The number of ether oxygens (including phenoxy) is 1. The summed E-state index contributed by atoms with van der Waals surface area (Å²) in [6.07, 6.45) is 5.34. The van der Waals surface area contributed by atoms with Gasteiger partial charge in [0.25, 0.3) is 0 Å². The summed E-state index contributed by atoms with van der Waals surface area (Å²) in [5.41, 5.74) is 0.386. The third-order valence-corrected chi connectivity index (χ3v) is 6.03. The van der Waals surface area contributed by atoms with Gasteiger partial charge in [-0.05, 0) is 45.7 Å². The van der Waals surface area contributed by atoms with Gasteiger partial charge in [-0.2, -0.15) is 0 Å². The van der Waals surface area contributed by atoms with Crippen molar-refractivity contribution >= 4 is 11.6 Å². The van der Waals surface area contributed by atoms with Gasteiger partial charge in [-0.15, -0.1) is 0 Å². The Morgan fingerprint density at radius 1 is 1.12 bits per heavy atom. The van der Waals surface area contributed by atoms with E-state index in [0.717, 1.165) is 24.4 Å². The lowest BCUT2D eigenvalue weighted by Crippen LogP contribution is -2.45. The van der Waals surface area contributed by atoms with Crippen molar-refractivity contribution in [2.45, 2.75) is 75.6 Å². The molecule has 1 spiro atoms. The number of nitrogens with zero attached hydrogens (tertiary/aromatic N) is 2. The van der Waals surface area contributed by atoms with Gasteiger partial charge in [0.1, 0.15) is 6.61 Å². The van der Waals surface area contributed by atoms with Gasteiger partial charge < -0.3 is 14.7 Å². The minimum atomic E-state index is -0.525. The van der Waals surface area contributed by atoms with E-state index >= 15 is 0 Å². The van der Waals surface area contributed by atoms with Crippen molar-refractivity contribution in [2.75, 3.05) is 11.5 Å². The molecule has 0 aromatic heterocycles. The predicted molar refractivity (Wildman–Crippen MR) is 96.6 cm³/mol. The Hall–Kier alpha value is -1.55. The van der Waals surface area contributed by atoms with Crippen LogP contribution >= 0.6 is 0 Å². The number of aliphatic hydroxyl groups is 1. The molecule has 2 unspecified atom stereocenters. The molecular weight excluding hydrogens is 300 g/mol. The Labute approximate surface area is 144 Å². The van der Waals surface area contributed by atoms with E-state index in [1.807, 2.05) is 13.0 Å². The quantitative estimate of drug-likeness (QED) is 0.863. The van der Waals surface area contributed by atoms with E-state index in [1.165, 1.54) is 19.3 Å². The molecule has 130 valence electrons. The van der Waals surface area contributed by atoms with Gasteiger partial charge in [0.2, 0.25) is 5.90 Å². The summed E-state index contributed by atoms with van der Waals surface area (Å²) in [4.78, 5) is 7.30. The second-order valence-corrected chi connectivity index (χ2v) is 8.22. The highest BCUT2D eigenvalue weighted by Crippen LogP contribution is 2.64. The highest BCUT2D eigenvalue weighted by Gasteiger charge is 2.80. The second kappa shape index (κ2) is 5.22. The summed E-state index contributed by atoms with van der Waals surface area (Å²) in [5.74, 6) is 0.744. The molecule has 1 saturated heterocycles. The Morgan fingerprint density at radius 3 is 2.33 bits per heavy atom. The SMILES string of the molecule is CC(O)C1(C2=NC(C)(C)CO2)N(c2ccccc2)C12CCCCC2. The number of aliphatic imine (C=N–C) groups is 1. The molecule has 2 atom stereocenters. The Balaban J connectivity index is 1.85. The summed E-state index contributed by atoms with van der Waals surface area (Å²) in [6, 6.07) is 10.5. The average Bonchev–Trinajstić information content (AvgIpc) is 2.96. The van der Waals surface area contributed by atoms with Crippen LogP contribution in [0.15, 0.2) is 35.3 Å². The third kappa shape index (κ3) is 1.98. The monoisotopic (exact) mass is 328 g/mol. The number of hydrogen-bond acceptors (Lipinski definition) is 4. The first-order chi connectivity index (χ1) is 11.4. The van der Waals surface area contributed by atoms with Gasteiger partial charge in [0.15, 0.2) is 5.54 Å². The third-order valence-electron chi connectivity index (χ3n) is 6.03. The zero-order chi connectivity index (χ0) is 17.0. The summed E-state index contributed by atoms with van der Waals surface area (Å²) < 4.78 is 6.08. The van der Waals surface area contributed by atoms with Gasteiger partial charge in [0, 0.05) is 5.69 Å². The molecule has 1 saturated carbocycles. The standard InChI is InChI=1S/C20H28N2O2/c1-15(23)20(17-21-18(2,3)14-24-17)19(12-8-5-9-13-19)22(20)16-10-6-4-7-11-16/h4,6-7,10-11,15,23H,5,8-9,12-14H2,1-3H3. The predicted octanol–water partition coefficient (Wildman–Crippen LogP) is 3.54. The van der Waals surface area contributed by atoms with Crippen molar-refractivity contribution in [3.8, 4) is 0 Å². The van der Waals surface area contributed by atoms with Gasteiger partial charge in [-0.3, -0.25) is 0 Å². The molecule has 1 aromatic rings. The van der Waals surface area contributed by atoms with E-state index < -0.39 is 11.6 Å². The molecule has 4 heteroatoms. The summed E-state index contributed by atoms with van der Waals surface area (Å²) >= 11 is 0. The van der Waals surface area contributed by atoms with Crippen molar-refractivity contribution in [2.24, 2.45) is 4.99 Å². The summed E-state index contributed by atoms with van der Waals surface area (Å²) in [7, 11) is 0. The van der Waals surface area contributed by atoms with Crippen LogP contribution in [0.3, 0.4) is 0 Å². The molecule has 1 aromatic carbocycles. The molecule has 2 heterocycles. The van der Waals surface area contributed by atoms with Crippen LogP contribution in [0.4, 0.5) is 5.69 Å². The van der Waals surface area contributed by atoms with E-state index in [0.29, 0.717) is 6.61 Å². The van der Waals surface area contributed by atoms with Crippen LogP contribution in [0.25, 0.3) is 0 Å². The summed E-state index contributed by atoms with van der Waals surface area (Å²) in [5, 5.41) is 10.9. The molecule has 1 aliphatic carbocycles. The van der Waals surface area contributed by atoms with E-state index in [1.54, 1.807) is 0 Å². The van der Waals surface area contributed by atoms with Crippen LogP contribution in [-0.2, 0) is 4.74 Å². The van der Waals surface area contributed by atoms with Crippen LogP contribution in [0.2, 0.25) is 0 Å². The van der Waals surface area contributed by atoms with Crippen LogP contribution in [0, 0.1) is 0 Å². The van der Waals surface area contributed by atoms with Crippen LogP contribution in [-0.4, -0.2) is 40.3 Å². The first kappa shape index (κ1) is 15.9. The van der Waals surface area contributed by atoms with Crippen LogP contribution in [0.1, 0.15) is 52.9 Å². The first-order valence-electron chi connectivity index (χ1n) is 9.21. The van der Waals surface area contributed by atoms with Crippen molar-refractivity contribution < 1.29 is 9.84 Å². The molecule has 0 amide bonds. The lowest BCUT2D eigenvalue weighted by molar-refractivity contribution is 0.145. The lowest BCUT2D eigenvalue weighted by Gasteiger charge is -2.26. The maximum absolute atomic E-state index is 10.9. The number of para-hydroxylation sites is 1. The van der Waals surface area contributed by atoms with Crippen molar-refractivity contribution in [3.05, 3.63) is 30.3 Å². The highest BCUT2D eigenvalue weighted by atomic mass is 16.5. The highest BCUT2D eigenvalue weighted by molar-refractivity contribution is 6.02. The fraction of sp³-hybridized carbons (Fsp3) is 0.650. The number of hydrogen-bond donors (Lipinski definition) is 1. The Bertz CT molecular complexity index is 647. The van der Waals surface area contributed by atoms with E-state index in [2.05, 4.69) is 43.0 Å². The summed E-state index contributed by atoms with van der Waals surface area (Å²) in [6.45, 7) is 6.68. The molecule has 2 aliphatic heterocycles. The molecular formula is C20H28N2O2. The second-order valence-electron chi connectivity index (χ2n) is 8.22. The Kier molecular flexibility index (Phi) is 3.47. The fourth-order valence-electron chi connectivity index (χ4n) is 5.07. The number of anilines is 1. The van der Waals surface area contributed by atoms with E-state index in [-0.39, 0.29) is 11.1 Å². The average molecular weight is 328 g/mol. The van der Waals surface area contributed by atoms with E-state index in [4.69, 9.17) is 9.73 Å². The molecule has 1 N–H and O–H groups in total. The zero-order valence-corrected chi connectivity index (χ0v) is 15.0. The molecule has 24 heavy (non-hydrogen) atoms. The van der Waals surface area contributed by atoms with Crippen molar-refractivity contribution in [1.29, 1.82) is 0 Å². The van der Waals surface area contributed by atoms with E-state index in [9.17, 15) is 5.11 Å². The fourth-order valence-corrected chi connectivity index (χ4v) is 5.07. The molecule has 3 aliphatic rings. The first-order valence-corrected chi connectivity index (χ1v) is 9.21. The smallest absolute Gasteiger partial charge is 0.216 e. The maximum atomic E-state index is 10.9. The molecule has 0 bridgehead atoms. The topological polar surface area (TPSA) is 44.8 Å². The lowest BCUT2D eigenvalue weighted by atomic mass is 9.77. The number of rotatable bonds is 3. The normalized spacial score (nSPS) is 31.5. The molecule has 0 radical (unpaired) electrons.